The third-order valence-electron chi connectivity index (χ3n) is 4.22. The summed E-state index contributed by atoms with van der Waals surface area (Å²) < 4.78 is 5.61. The zero-order valence-electron chi connectivity index (χ0n) is 13.6. The molecule has 1 N–H and O–H groups in total. The summed E-state index contributed by atoms with van der Waals surface area (Å²) in [6, 6.07) is 17.5. The smallest absolute Gasteiger partial charge is 0.119 e. The van der Waals surface area contributed by atoms with E-state index in [9.17, 15) is 5.11 Å². The molecule has 128 valence electrons. The van der Waals surface area contributed by atoms with E-state index in [0.29, 0.717) is 13.2 Å². The molecule has 0 aliphatic carbocycles. The average molecular weight is 347 g/mol. The Kier molecular flexibility index (Phi) is 5.96. The summed E-state index contributed by atoms with van der Waals surface area (Å²) in [6.45, 7) is 4.59. The number of rotatable bonds is 6. The molecular formula is C19H23ClN2O2. The number of nitrogens with zero attached hydrogens (tertiary/aromatic N) is 2. The van der Waals surface area contributed by atoms with Gasteiger partial charge >= 0.3 is 0 Å². The highest BCUT2D eigenvalue weighted by Gasteiger charge is 2.20. The third kappa shape index (κ3) is 4.63. The number of hydrogen-bond acceptors (Lipinski definition) is 4. The van der Waals surface area contributed by atoms with Crippen LogP contribution in [0.15, 0.2) is 54.6 Å². The van der Waals surface area contributed by atoms with Gasteiger partial charge in [0.25, 0.3) is 0 Å². The van der Waals surface area contributed by atoms with Gasteiger partial charge in [-0.05, 0) is 24.3 Å². The molecule has 1 fully saturated rings. The second-order valence-corrected chi connectivity index (χ2v) is 6.42. The number of aliphatic hydroxyl groups excluding tert-OH is 1. The first-order valence-electron chi connectivity index (χ1n) is 8.30. The number of β-amino-alcohol motifs (C(OH)–C–C–N with tert-alkyl or cyclic N) is 1. The molecule has 0 saturated carbocycles. The van der Waals surface area contributed by atoms with Gasteiger partial charge in [0.05, 0.1) is 10.7 Å². The standard InChI is InChI=1S/C19H23ClN2O2/c20-18-8-4-5-9-19(18)22-12-10-21(11-13-22)14-16(23)15-24-17-6-2-1-3-7-17/h1-9,16,23H,10-15H2/t16-/m0/s1. The summed E-state index contributed by atoms with van der Waals surface area (Å²) in [6.07, 6.45) is -0.489. The molecule has 1 saturated heterocycles. The summed E-state index contributed by atoms with van der Waals surface area (Å²) in [5.41, 5.74) is 1.09. The summed E-state index contributed by atoms with van der Waals surface area (Å²) in [7, 11) is 0. The van der Waals surface area contributed by atoms with Crippen LogP contribution in [0.5, 0.6) is 5.75 Å². The van der Waals surface area contributed by atoms with E-state index < -0.39 is 6.10 Å². The van der Waals surface area contributed by atoms with Crippen molar-refractivity contribution in [3.8, 4) is 5.75 Å². The van der Waals surface area contributed by atoms with Gasteiger partial charge in [0.1, 0.15) is 18.5 Å². The third-order valence-corrected chi connectivity index (χ3v) is 4.54. The van der Waals surface area contributed by atoms with Crippen molar-refractivity contribution in [1.29, 1.82) is 0 Å². The van der Waals surface area contributed by atoms with Crippen molar-refractivity contribution in [3.05, 3.63) is 59.6 Å². The van der Waals surface area contributed by atoms with E-state index in [1.807, 2.05) is 48.5 Å². The van der Waals surface area contributed by atoms with Crippen LogP contribution < -0.4 is 9.64 Å². The number of hydrogen-bond donors (Lipinski definition) is 1. The predicted octanol–water partition coefficient (Wildman–Crippen LogP) is 2.90. The Morgan fingerprint density at radius 3 is 2.33 bits per heavy atom. The van der Waals surface area contributed by atoms with Crippen molar-refractivity contribution in [3.63, 3.8) is 0 Å². The zero-order chi connectivity index (χ0) is 16.8. The Labute approximate surface area is 148 Å². The Morgan fingerprint density at radius 2 is 1.62 bits per heavy atom. The molecule has 0 radical (unpaired) electrons. The fourth-order valence-corrected chi connectivity index (χ4v) is 3.19. The normalized spacial score (nSPS) is 16.8. The fraction of sp³-hybridized carbons (Fsp3) is 0.368. The van der Waals surface area contributed by atoms with Crippen LogP contribution in [0.25, 0.3) is 0 Å². The molecule has 0 spiro atoms. The van der Waals surface area contributed by atoms with Crippen LogP contribution in [0.3, 0.4) is 0 Å². The van der Waals surface area contributed by atoms with Crippen LogP contribution in [-0.2, 0) is 0 Å². The van der Waals surface area contributed by atoms with Gasteiger partial charge in [-0.2, -0.15) is 0 Å². The van der Waals surface area contributed by atoms with E-state index in [2.05, 4.69) is 15.9 Å². The minimum absolute atomic E-state index is 0.314. The van der Waals surface area contributed by atoms with Crippen LogP contribution in [0, 0.1) is 0 Å². The molecule has 24 heavy (non-hydrogen) atoms. The molecular weight excluding hydrogens is 324 g/mol. The van der Waals surface area contributed by atoms with E-state index in [1.165, 1.54) is 0 Å². The number of benzene rings is 2. The number of piperazine rings is 1. The van der Waals surface area contributed by atoms with Gasteiger partial charge in [0.2, 0.25) is 0 Å². The van der Waals surface area contributed by atoms with Gasteiger partial charge < -0.3 is 14.7 Å². The highest BCUT2D eigenvalue weighted by molar-refractivity contribution is 6.33. The minimum Gasteiger partial charge on any atom is -0.491 e. The molecule has 2 aromatic carbocycles. The molecule has 0 unspecified atom stereocenters. The highest BCUT2D eigenvalue weighted by atomic mass is 35.5. The summed E-state index contributed by atoms with van der Waals surface area (Å²) >= 11 is 6.27. The molecule has 4 nitrogen and oxygen atoms in total. The summed E-state index contributed by atoms with van der Waals surface area (Å²) in [5.74, 6) is 0.792. The van der Waals surface area contributed by atoms with Crippen molar-refractivity contribution in [2.24, 2.45) is 0 Å². The maximum absolute atomic E-state index is 10.2. The minimum atomic E-state index is -0.489. The lowest BCUT2D eigenvalue weighted by Crippen LogP contribution is -2.49. The van der Waals surface area contributed by atoms with Gasteiger partial charge in [-0.3, -0.25) is 4.90 Å². The van der Waals surface area contributed by atoms with Crippen molar-refractivity contribution in [2.45, 2.75) is 6.10 Å². The second kappa shape index (κ2) is 8.38. The first kappa shape index (κ1) is 17.1. The van der Waals surface area contributed by atoms with E-state index in [0.717, 1.165) is 42.6 Å². The lowest BCUT2D eigenvalue weighted by atomic mass is 10.2. The van der Waals surface area contributed by atoms with Crippen LogP contribution in [0.1, 0.15) is 0 Å². The summed E-state index contributed by atoms with van der Waals surface area (Å²) in [4.78, 5) is 4.57. The van der Waals surface area contributed by atoms with Crippen molar-refractivity contribution >= 4 is 17.3 Å². The lowest BCUT2D eigenvalue weighted by Gasteiger charge is -2.37. The van der Waals surface area contributed by atoms with Gasteiger partial charge in [0.15, 0.2) is 0 Å². The molecule has 3 rings (SSSR count). The maximum atomic E-state index is 10.2. The molecule has 0 aromatic heterocycles. The van der Waals surface area contributed by atoms with Crippen LogP contribution in [0.4, 0.5) is 5.69 Å². The number of aliphatic hydroxyl groups is 1. The molecule has 1 heterocycles. The van der Waals surface area contributed by atoms with Crippen LogP contribution in [0.2, 0.25) is 5.02 Å². The van der Waals surface area contributed by atoms with Crippen molar-refractivity contribution in [1.82, 2.24) is 4.90 Å². The van der Waals surface area contributed by atoms with Crippen molar-refractivity contribution in [2.75, 3.05) is 44.2 Å². The topological polar surface area (TPSA) is 35.9 Å². The summed E-state index contributed by atoms with van der Waals surface area (Å²) in [5, 5.41) is 11.0. The molecule has 1 aliphatic rings. The van der Waals surface area contributed by atoms with Gasteiger partial charge in [0, 0.05) is 32.7 Å². The Balaban J connectivity index is 1.43. The molecule has 0 amide bonds. The second-order valence-electron chi connectivity index (χ2n) is 6.02. The van der Waals surface area contributed by atoms with E-state index in [1.54, 1.807) is 0 Å². The SMILES string of the molecule is O[C@H](COc1ccccc1)CN1CCN(c2ccccc2Cl)CC1. The van der Waals surface area contributed by atoms with Crippen LogP contribution in [-0.4, -0.2) is 55.4 Å². The fourth-order valence-electron chi connectivity index (χ4n) is 2.94. The Hall–Kier alpha value is -1.75. The average Bonchev–Trinajstić information content (AvgIpc) is 2.62. The van der Waals surface area contributed by atoms with E-state index in [4.69, 9.17) is 16.3 Å². The first-order chi connectivity index (χ1) is 11.7. The van der Waals surface area contributed by atoms with Gasteiger partial charge in [-0.1, -0.05) is 41.9 Å². The Morgan fingerprint density at radius 1 is 0.958 bits per heavy atom. The maximum Gasteiger partial charge on any atom is 0.119 e. The van der Waals surface area contributed by atoms with Crippen molar-refractivity contribution < 1.29 is 9.84 Å². The zero-order valence-corrected chi connectivity index (χ0v) is 14.4. The molecule has 0 bridgehead atoms. The van der Waals surface area contributed by atoms with E-state index >= 15 is 0 Å². The highest BCUT2D eigenvalue weighted by Crippen LogP contribution is 2.26. The van der Waals surface area contributed by atoms with Gasteiger partial charge in [-0.25, -0.2) is 0 Å². The lowest BCUT2D eigenvalue weighted by molar-refractivity contribution is 0.0663. The number of anilines is 1. The number of ether oxygens (including phenoxy) is 1. The first-order valence-corrected chi connectivity index (χ1v) is 8.68. The van der Waals surface area contributed by atoms with E-state index in [-0.39, 0.29) is 0 Å². The molecule has 1 aliphatic heterocycles. The quantitative estimate of drug-likeness (QED) is 0.872. The number of halogens is 1. The monoisotopic (exact) mass is 346 g/mol. The predicted molar refractivity (Wildman–Crippen MR) is 98.0 cm³/mol. The van der Waals surface area contributed by atoms with Gasteiger partial charge in [-0.15, -0.1) is 0 Å². The van der Waals surface area contributed by atoms with Crippen LogP contribution >= 0.6 is 11.6 Å². The molecule has 1 atom stereocenters. The number of para-hydroxylation sites is 2. The molecule has 5 heteroatoms. The Bertz CT molecular complexity index is 630. The molecule has 2 aromatic rings. The largest absolute Gasteiger partial charge is 0.491 e.